The number of hydrogen-bond acceptors (Lipinski definition) is 8. The second-order valence-corrected chi connectivity index (χ2v) is 13.7. The lowest BCUT2D eigenvalue weighted by Crippen LogP contribution is -2.56. The van der Waals surface area contributed by atoms with Gasteiger partial charge in [-0.05, 0) is 44.1 Å². The molecule has 0 radical (unpaired) electrons. The number of likely N-dealkylation sites (tertiary alicyclic amines) is 1. The number of fused-ring (bicyclic) bond motifs is 1. The van der Waals surface area contributed by atoms with Gasteiger partial charge in [-0.3, -0.25) is 19.2 Å². The monoisotopic (exact) mass is 695 g/mol. The molecule has 1 aromatic carbocycles. The van der Waals surface area contributed by atoms with Gasteiger partial charge in [-0.2, -0.15) is 0 Å². The van der Waals surface area contributed by atoms with Crippen molar-refractivity contribution in [1.82, 2.24) is 15.1 Å². The summed E-state index contributed by atoms with van der Waals surface area (Å²) in [7, 11) is 1.52. The summed E-state index contributed by atoms with van der Waals surface area (Å²) in [5, 5.41) is 12.2. The van der Waals surface area contributed by atoms with Crippen LogP contribution in [-0.4, -0.2) is 102 Å². The number of nitrogens with zero attached hydrogens (tertiary/aromatic N) is 2. The van der Waals surface area contributed by atoms with E-state index in [1.54, 1.807) is 22.0 Å². The predicted octanol–water partition coefficient (Wildman–Crippen LogP) is 4.50. The maximum absolute atomic E-state index is 14.5. The molecule has 3 aliphatic heterocycles. The van der Waals surface area contributed by atoms with Gasteiger partial charge < -0.3 is 34.4 Å². The number of aliphatic hydroxyl groups is 1. The van der Waals surface area contributed by atoms with Crippen molar-refractivity contribution in [3.63, 3.8) is 0 Å². The summed E-state index contributed by atoms with van der Waals surface area (Å²) in [6, 6.07) is 7.62. The van der Waals surface area contributed by atoms with E-state index in [2.05, 4.69) is 25.4 Å². The highest BCUT2D eigenvalue weighted by atomic mass is 16.6. The molecule has 2 bridgehead atoms. The van der Waals surface area contributed by atoms with Crippen LogP contribution in [-0.2, 0) is 33.4 Å². The van der Waals surface area contributed by atoms with Crippen LogP contribution in [0, 0.1) is 11.8 Å². The molecule has 3 fully saturated rings. The molecule has 0 aromatic heterocycles. The number of esters is 1. The Morgan fingerprint density at radius 3 is 2.56 bits per heavy atom. The van der Waals surface area contributed by atoms with Crippen LogP contribution in [0.25, 0.3) is 0 Å². The van der Waals surface area contributed by atoms with Gasteiger partial charge in [0.25, 0.3) is 0 Å². The molecule has 4 rings (SSSR count). The summed E-state index contributed by atoms with van der Waals surface area (Å²) >= 11 is 0. The molecular weight excluding hydrogens is 638 g/mol. The smallest absolute Gasteiger partial charge is 0.313 e. The fourth-order valence-electron chi connectivity index (χ4n) is 7.99. The van der Waals surface area contributed by atoms with Crippen molar-refractivity contribution in [3.05, 3.63) is 61.2 Å². The fraction of sp³-hybridized carbons (Fsp3) is 0.641. The van der Waals surface area contributed by atoms with Gasteiger partial charge in [0.05, 0.1) is 30.6 Å². The molecule has 1 spiro atoms. The minimum Gasteiger partial charge on any atom is -0.455 e. The molecule has 3 heterocycles. The topological polar surface area (TPSA) is 135 Å². The van der Waals surface area contributed by atoms with E-state index in [1.165, 1.54) is 7.11 Å². The van der Waals surface area contributed by atoms with E-state index < -0.39 is 47.7 Å². The van der Waals surface area contributed by atoms with Crippen LogP contribution in [0.15, 0.2) is 55.6 Å². The van der Waals surface area contributed by atoms with Crippen molar-refractivity contribution < 1.29 is 38.5 Å². The van der Waals surface area contributed by atoms with Crippen LogP contribution in [0.2, 0.25) is 0 Å². The largest absolute Gasteiger partial charge is 0.455 e. The first kappa shape index (κ1) is 39.2. The summed E-state index contributed by atoms with van der Waals surface area (Å²) < 4.78 is 18.5. The molecule has 0 saturated carbocycles. The molecule has 3 saturated heterocycles. The van der Waals surface area contributed by atoms with E-state index in [-0.39, 0.29) is 37.4 Å². The van der Waals surface area contributed by atoms with Crippen molar-refractivity contribution in [2.45, 2.75) is 107 Å². The summed E-state index contributed by atoms with van der Waals surface area (Å²) in [6.45, 7) is 11.1. The zero-order chi connectivity index (χ0) is 36.1. The summed E-state index contributed by atoms with van der Waals surface area (Å²) in [6.07, 6.45) is 9.38. The first-order chi connectivity index (χ1) is 24.3. The van der Waals surface area contributed by atoms with Crippen molar-refractivity contribution in [2.75, 3.05) is 40.0 Å². The lowest BCUT2D eigenvalue weighted by molar-refractivity contribution is -0.163. The van der Waals surface area contributed by atoms with Crippen LogP contribution in [0.5, 0.6) is 0 Å². The van der Waals surface area contributed by atoms with E-state index in [1.807, 2.05) is 30.3 Å². The molecule has 1 aromatic rings. The molecule has 276 valence electrons. The number of hydrogen-bond donors (Lipinski definition) is 2. The molecule has 50 heavy (non-hydrogen) atoms. The number of unbranched alkanes of at least 4 members (excludes halogenated alkanes) is 5. The Balaban J connectivity index is 1.65. The van der Waals surface area contributed by atoms with Gasteiger partial charge in [0, 0.05) is 39.8 Å². The predicted molar refractivity (Wildman–Crippen MR) is 190 cm³/mol. The number of ether oxygens (including phenoxy) is 3. The zero-order valence-corrected chi connectivity index (χ0v) is 29.9. The SMILES string of the molecule is C=CCCC(=O)N[C@@H](COC)[C@@H](OC(=O)[C@@H]1[C@H]2C(=O)N(CCCCCCO)[C@H](C(=O)N(CC=C)CCCCC)[C@]23CC[C@H]1O3)c1ccccc1. The number of carbonyl (C=O) groups excluding carboxylic acids is 4. The average molecular weight is 696 g/mol. The maximum atomic E-state index is 14.5. The minimum atomic E-state index is -1.15. The van der Waals surface area contributed by atoms with E-state index in [9.17, 15) is 24.3 Å². The second kappa shape index (κ2) is 19.2. The van der Waals surface area contributed by atoms with Gasteiger partial charge in [0.1, 0.15) is 17.7 Å². The number of allylic oxidation sites excluding steroid dienone is 1. The van der Waals surface area contributed by atoms with Gasteiger partial charge in [0.2, 0.25) is 17.7 Å². The Morgan fingerprint density at radius 1 is 1.12 bits per heavy atom. The van der Waals surface area contributed by atoms with Crippen LogP contribution in [0.4, 0.5) is 0 Å². The first-order valence-electron chi connectivity index (χ1n) is 18.4. The highest BCUT2D eigenvalue weighted by molar-refractivity contribution is 5.98. The number of aliphatic hydroxyl groups excluding tert-OH is 1. The third-order valence-electron chi connectivity index (χ3n) is 10.3. The van der Waals surface area contributed by atoms with Gasteiger partial charge in [-0.25, -0.2) is 0 Å². The number of carbonyl (C=O) groups is 4. The molecule has 11 heteroatoms. The molecular formula is C39H57N3O8. The maximum Gasteiger partial charge on any atom is 0.313 e. The Morgan fingerprint density at radius 2 is 1.88 bits per heavy atom. The summed E-state index contributed by atoms with van der Waals surface area (Å²) in [5.74, 6) is -3.04. The number of benzene rings is 1. The highest BCUT2D eigenvalue weighted by Gasteiger charge is 2.75. The van der Waals surface area contributed by atoms with Gasteiger partial charge >= 0.3 is 5.97 Å². The van der Waals surface area contributed by atoms with Crippen LogP contribution in [0.1, 0.15) is 89.2 Å². The van der Waals surface area contributed by atoms with Crippen LogP contribution in [0.3, 0.4) is 0 Å². The number of methoxy groups -OCH3 is 1. The molecule has 0 aliphatic carbocycles. The van der Waals surface area contributed by atoms with E-state index in [4.69, 9.17) is 14.2 Å². The summed E-state index contributed by atoms with van der Waals surface area (Å²) in [5.41, 5.74) is -0.474. The van der Waals surface area contributed by atoms with Crippen molar-refractivity contribution in [1.29, 1.82) is 0 Å². The molecule has 2 N–H and O–H groups in total. The number of rotatable bonds is 23. The third kappa shape index (κ3) is 8.84. The van der Waals surface area contributed by atoms with Crippen LogP contribution >= 0.6 is 0 Å². The molecule has 11 nitrogen and oxygen atoms in total. The highest BCUT2D eigenvalue weighted by Crippen LogP contribution is 2.59. The Kier molecular flexibility index (Phi) is 15.1. The van der Waals surface area contributed by atoms with E-state index in [0.717, 1.165) is 32.1 Å². The number of nitrogens with one attached hydrogen (secondary N) is 1. The summed E-state index contributed by atoms with van der Waals surface area (Å²) in [4.78, 5) is 59.7. The van der Waals surface area contributed by atoms with Crippen molar-refractivity contribution in [2.24, 2.45) is 11.8 Å². The second-order valence-electron chi connectivity index (χ2n) is 13.7. The van der Waals surface area contributed by atoms with Crippen molar-refractivity contribution >= 4 is 23.7 Å². The molecule has 3 amide bonds. The van der Waals surface area contributed by atoms with E-state index in [0.29, 0.717) is 57.3 Å². The quantitative estimate of drug-likeness (QED) is 0.0972. The zero-order valence-electron chi connectivity index (χ0n) is 29.9. The molecule has 3 aliphatic rings. The first-order valence-corrected chi connectivity index (χ1v) is 18.4. The average Bonchev–Trinajstić information content (AvgIpc) is 3.76. The van der Waals surface area contributed by atoms with Crippen molar-refractivity contribution in [3.8, 4) is 0 Å². The standard InChI is InChI=1S/C39H57N3O8/c1-5-8-15-24-41(23-7-3)37(46)35-39-22-21-30(50-39)32(33(39)36(45)42(35)25-16-10-11-17-26-43)38(47)49-34(28-18-13-12-14-19-28)29(27-48-4)40-31(44)20-9-6-2/h6-7,12-14,18-19,29-30,32-35,43H,2-3,5,8-11,15-17,20-27H2,1,4H3,(H,40,44)/t29-,30+,32-,33-,34-,35+,39-/m0/s1. The minimum absolute atomic E-state index is 0.0847. The van der Waals surface area contributed by atoms with Gasteiger partial charge in [0.15, 0.2) is 0 Å². The Hall–Kier alpha value is -3.54. The molecule has 7 atom stereocenters. The fourth-order valence-corrected chi connectivity index (χ4v) is 7.99. The van der Waals surface area contributed by atoms with E-state index >= 15 is 0 Å². The Bertz CT molecular complexity index is 1310. The van der Waals surface area contributed by atoms with Gasteiger partial charge in [-0.15, -0.1) is 13.2 Å². The van der Waals surface area contributed by atoms with Crippen LogP contribution < -0.4 is 5.32 Å². The van der Waals surface area contributed by atoms with Gasteiger partial charge in [-0.1, -0.05) is 75.1 Å². The third-order valence-corrected chi connectivity index (χ3v) is 10.3. The molecule has 0 unspecified atom stereocenters. The normalized spacial score (nSPS) is 24.8. The number of amides is 3. The lowest BCUT2D eigenvalue weighted by atomic mass is 9.70. The Labute approximate surface area is 297 Å². The lowest BCUT2D eigenvalue weighted by Gasteiger charge is -2.37.